The molecule has 0 amide bonds. The third kappa shape index (κ3) is 1.12. The zero-order valence-electron chi connectivity index (χ0n) is 12.3. The molecule has 22 heavy (non-hydrogen) atoms. The van der Waals surface area contributed by atoms with Gasteiger partial charge in [0.2, 0.25) is 0 Å². The maximum atomic E-state index is 12.5. The van der Waals surface area contributed by atoms with Gasteiger partial charge in [0.05, 0.1) is 12.5 Å². The van der Waals surface area contributed by atoms with Gasteiger partial charge in [0.15, 0.2) is 23.4 Å². The van der Waals surface area contributed by atoms with Crippen molar-refractivity contribution in [3.8, 4) is 11.5 Å². The van der Waals surface area contributed by atoms with Crippen LogP contribution in [0.25, 0.3) is 0 Å². The molecular weight excluding hydrogens is 282 g/mol. The number of ether oxygens (including phenoxy) is 2. The van der Waals surface area contributed by atoms with E-state index in [9.17, 15) is 9.90 Å². The van der Waals surface area contributed by atoms with Gasteiger partial charge in [-0.05, 0) is 43.2 Å². The van der Waals surface area contributed by atoms with Gasteiger partial charge in [-0.2, -0.15) is 0 Å². The Morgan fingerprint density at radius 2 is 2.32 bits per heavy atom. The number of hydrogen-bond donors (Lipinski definition) is 2. The van der Waals surface area contributed by atoms with Gasteiger partial charge in [-0.3, -0.25) is 4.79 Å². The number of methoxy groups -OCH3 is 1. The van der Waals surface area contributed by atoms with Crippen LogP contribution in [0.15, 0.2) is 24.3 Å². The Balaban J connectivity index is 1.90. The van der Waals surface area contributed by atoms with Crippen LogP contribution in [0, 0.1) is 0 Å². The molecule has 2 N–H and O–H groups in total. The van der Waals surface area contributed by atoms with E-state index in [-0.39, 0.29) is 11.8 Å². The van der Waals surface area contributed by atoms with Gasteiger partial charge >= 0.3 is 0 Å². The molecule has 2 aliphatic heterocycles. The molecule has 1 saturated heterocycles. The summed E-state index contributed by atoms with van der Waals surface area (Å²) in [5, 5.41) is 14.9. The van der Waals surface area contributed by atoms with E-state index in [2.05, 4.69) is 5.32 Å². The van der Waals surface area contributed by atoms with Gasteiger partial charge < -0.3 is 19.9 Å². The van der Waals surface area contributed by atoms with E-state index in [4.69, 9.17) is 9.47 Å². The molecule has 5 nitrogen and oxygen atoms in total. The molecule has 2 heterocycles. The number of carbonyl (C=O) groups excluding carboxylic acids is 1. The minimum Gasteiger partial charge on any atom is -0.493 e. The lowest BCUT2D eigenvalue weighted by Gasteiger charge is -2.57. The minimum absolute atomic E-state index is 0.0728. The van der Waals surface area contributed by atoms with Gasteiger partial charge in [0.25, 0.3) is 0 Å². The summed E-state index contributed by atoms with van der Waals surface area (Å²) < 4.78 is 11.5. The SMILES string of the molecule is COc1ccc2c3c1OC1C(=O)C=CC4(O)C(C2)NCC[C@@]314. The van der Waals surface area contributed by atoms with E-state index in [1.54, 1.807) is 13.2 Å². The lowest BCUT2D eigenvalue weighted by atomic mass is 9.51. The molecule has 3 unspecified atom stereocenters. The summed E-state index contributed by atoms with van der Waals surface area (Å²) in [4.78, 5) is 12.5. The predicted octanol–water partition coefficient (Wildman–Crippen LogP) is 0.482. The van der Waals surface area contributed by atoms with Gasteiger partial charge in [-0.25, -0.2) is 0 Å². The number of hydrogen-bond acceptors (Lipinski definition) is 5. The van der Waals surface area contributed by atoms with Gasteiger partial charge in [-0.1, -0.05) is 6.07 Å². The van der Waals surface area contributed by atoms with Crippen molar-refractivity contribution in [2.75, 3.05) is 13.7 Å². The first-order valence-electron chi connectivity index (χ1n) is 7.67. The number of benzene rings is 1. The number of nitrogens with one attached hydrogen (secondary N) is 1. The van der Waals surface area contributed by atoms with Crippen LogP contribution in [0.2, 0.25) is 0 Å². The lowest BCUT2D eigenvalue weighted by Crippen LogP contribution is -2.74. The molecule has 0 saturated carbocycles. The van der Waals surface area contributed by atoms with Crippen LogP contribution < -0.4 is 14.8 Å². The van der Waals surface area contributed by atoms with Crippen molar-refractivity contribution >= 4 is 5.78 Å². The van der Waals surface area contributed by atoms with Gasteiger partial charge in [0, 0.05) is 11.6 Å². The maximum Gasteiger partial charge on any atom is 0.196 e. The quantitative estimate of drug-likeness (QED) is 0.789. The molecule has 0 radical (unpaired) electrons. The summed E-state index contributed by atoms with van der Waals surface area (Å²) in [5.41, 5.74) is 0.346. The van der Waals surface area contributed by atoms with E-state index < -0.39 is 17.1 Å². The zero-order valence-corrected chi connectivity index (χ0v) is 12.3. The fourth-order valence-electron chi connectivity index (χ4n) is 4.98. The van der Waals surface area contributed by atoms with Crippen LogP contribution in [-0.4, -0.2) is 42.3 Å². The second kappa shape index (κ2) is 3.73. The molecule has 2 aliphatic carbocycles. The Hall–Kier alpha value is -1.85. The Morgan fingerprint density at radius 1 is 1.45 bits per heavy atom. The fraction of sp³-hybridized carbons (Fsp3) is 0.471. The Kier molecular flexibility index (Phi) is 2.15. The average Bonchev–Trinajstić information content (AvgIpc) is 2.85. The highest BCUT2D eigenvalue weighted by molar-refractivity contribution is 5.99. The largest absolute Gasteiger partial charge is 0.493 e. The normalized spacial score (nSPS) is 40.2. The summed E-state index contributed by atoms with van der Waals surface area (Å²) in [6, 6.07) is 3.83. The summed E-state index contributed by atoms with van der Waals surface area (Å²) >= 11 is 0. The van der Waals surface area contributed by atoms with E-state index >= 15 is 0 Å². The van der Waals surface area contributed by atoms with Crippen molar-refractivity contribution in [3.05, 3.63) is 35.4 Å². The summed E-state index contributed by atoms with van der Waals surface area (Å²) in [6.45, 7) is 0.768. The number of ketones is 1. The molecule has 5 rings (SSSR count). The molecule has 5 heteroatoms. The second-order valence-corrected chi connectivity index (χ2v) is 6.62. The highest BCUT2D eigenvalue weighted by Crippen LogP contribution is 2.62. The minimum atomic E-state index is -1.09. The van der Waals surface area contributed by atoms with E-state index in [0.29, 0.717) is 17.9 Å². The average molecular weight is 299 g/mol. The van der Waals surface area contributed by atoms with Gasteiger partial charge in [0.1, 0.15) is 5.60 Å². The predicted molar refractivity (Wildman–Crippen MR) is 78.3 cm³/mol. The monoisotopic (exact) mass is 299 g/mol. The number of rotatable bonds is 1. The maximum absolute atomic E-state index is 12.5. The molecule has 1 aromatic carbocycles. The summed E-state index contributed by atoms with van der Waals surface area (Å²) in [5.74, 6) is 1.20. The second-order valence-electron chi connectivity index (χ2n) is 6.62. The molecule has 114 valence electrons. The van der Waals surface area contributed by atoms with Crippen molar-refractivity contribution in [2.24, 2.45) is 0 Å². The van der Waals surface area contributed by atoms with Crippen LogP contribution >= 0.6 is 0 Å². The molecule has 1 aromatic rings. The first-order chi connectivity index (χ1) is 10.6. The smallest absolute Gasteiger partial charge is 0.196 e. The number of carbonyl (C=O) groups is 1. The number of aliphatic hydroxyl groups is 1. The fourth-order valence-corrected chi connectivity index (χ4v) is 4.98. The van der Waals surface area contributed by atoms with Crippen molar-refractivity contribution in [1.82, 2.24) is 5.32 Å². The van der Waals surface area contributed by atoms with Crippen molar-refractivity contribution in [2.45, 2.75) is 36.0 Å². The molecule has 1 fully saturated rings. The molecule has 1 spiro atoms. The van der Waals surface area contributed by atoms with E-state index in [0.717, 1.165) is 24.1 Å². The van der Waals surface area contributed by atoms with Crippen LogP contribution in [0.5, 0.6) is 11.5 Å². The molecule has 0 aromatic heterocycles. The van der Waals surface area contributed by atoms with Crippen LogP contribution in [0.3, 0.4) is 0 Å². The first-order valence-corrected chi connectivity index (χ1v) is 7.67. The molecule has 4 atom stereocenters. The third-order valence-electron chi connectivity index (χ3n) is 5.90. The van der Waals surface area contributed by atoms with E-state index in [1.165, 1.54) is 6.08 Å². The third-order valence-corrected chi connectivity index (χ3v) is 5.90. The summed E-state index contributed by atoms with van der Waals surface area (Å²) in [7, 11) is 1.60. The topological polar surface area (TPSA) is 67.8 Å². The molecular formula is C17H17NO4. The molecule has 4 aliphatic rings. The highest BCUT2D eigenvalue weighted by Gasteiger charge is 2.70. The standard InChI is InChI=1S/C17H17NO4/c1-21-11-3-2-9-8-12-17(20)5-4-10(19)15-16(17,6-7-18-12)13(9)14(11)22-15/h2-5,12,15,18,20H,6-8H2,1H3/t12?,15?,16-,17?/m1/s1. The van der Waals surface area contributed by atoms with Crippen molar-refractivity contribution < 1.29 is 19.4 Å². The zero-order chi connectivity index (χ0) is 15.1. The van der Waals surface area contributed by atoms with Crippen molar-refractivity contribution in [3.63, 3.8) is 0 Å². The Bertz CT molecular complexity index is 742. The summed E-state index contributed by atoms with van der Waals surface area (Å²) in [6.07, 6.45) is 3.90. The highest BCUT2D eigenvalue weighted by atomic mass is 16.5. The van der Waals surface area contributed by atoms with Gasteiger partial charge in [-0.15, -0.1) is 0 Å². The van der Waals surface area contributed by atoms with Crippen molar-refractivity contribution in [1.29, 1.82) is 0 Å². The Labute approximate surface area is 127 Å². The van der Waals surface area contributed by atoms with Crippen LogP contribution in [0.4, 0.5) is 0 Å². The lowest BCUT2D eigenvalue weighted by molar-refractivity contribution is -0.139. The van der Waals surface area contributed by atoms with E-state index in [1.807, 2.05) is 12.1 Å². The number of piperidine rings is 1. The van der Waals surface area contributed by atoms with Crippen LogP contribution in [0.1, 0.15) is 17.5 Å². The van der Waals surface area contributed by atoms with Crippen LogP contribution in [-0.2, 0) is 16.6 Å². The first kappa shape index (κ1) is 12.7. The molecule has 2 bridgehead atoms. The Morgan fingerprint density at radius 3 is 3.14 bits per heavy atom.